The first-order valence-corrected chi connectivity index (χ1v) is 3.87. The average Bonchev–Trinajstić information content (AvgIpc) is 1.98. The highest BCUT2D eigenvalue weighted by atomic mass is 31.1. The standard InChI is InChI=1S/C6H8OP/c1-5-3-4-8(7)6(5)2/h3-4H,1-2H3/q+1. The van der Waals surface area contributed by atoms with Crippen LogP contribution in [0, 0.1) is 0 Å². The van der Waals surface area contributed by atoms with Gasteiger partial charge in [0.1, 0.15) is 0 Å². The Bertz CT molecular complexity index is 185. The summed E-state index contributed by atoms with van der Waals surface area (Å²) >= 11 is 0. The van der Waals surface area contributed by atoms with Gasteiger partial charge in [-0.15, -0.1) is 0 Å². The van der Waals surface area contributed by atoms with Crippen LogP contribution in [0.5, 0.6) is 0 Å². The van der Waals surface area contributed by atoms with Gasteiger partial charge in [0.15, 0.2) is 11.1 Å². The lowest BCUT2D eigenvalue weighted by molar-refractivity contribution is 0.596. The van der Waals surface area contributed by atoms with Crippen molar-refractivity contribution in [2.24, 2.45) is 0 Å². The zero-order chi connectivity index (χ0) is 6.15. The Labute approximate surface area is 49.9 Å². The van der Waals surface area contributed by atoms with E-state index in [1.165, 1.54) is 0 Å². The van der Waals surface area contributed by atoms with Crippen LogP contribution >= 0.6 is 7.80 Å². The number of allylic oxidation sites excluding steroid dienone is 3. The lowest BCUT2D eigenvalue weighted by Crippen LogP contribution is -1.63. The molecule has 1 atom stereocenters. The quantitative estimate of drug-likeness (QED) is 0.457. The normalized spacial score (nSPS) is 23.0. The highest BCUT2D eigenvalue weighted by Gasteiger charge is 2.21. The van der Waals surface area contributed by atoms with Crippen molar-refractivity contribution in [3.63, 3.8) is 0 Å². The molecule has 0 saturated heterocycles. The minimum absolute atomic E-state index is 1.03. The van der Waals surface area contributed by atoms with Gasteiger partial charge in [0, 0.05) is 12.5 Å². The van der Waals surface area contributed by atoms with E-state index in [2.05, 4.69) is 0 Å². The van der Waals surface area contributed by atoms with E-state index in [1.807, 2.05) is 19.9 Å². The van der Waals surface area contributed by atoms with Crippen molar-refractivity contribution in [2.45, 2.75) is 13.8 Å². The Hall–Kier alpha value is -0.420. The number of rotatable bonds is 0. The summed E-state index contributed by atoms with van der Waals surface area (Å²) in [6.45, 7) is 3.89. The van der Waals surface area contributed by atoms with Crippen LogP contribution in [-0.2, 0) is 4.57 Å². The van der Waals surface area contributed by atoms with Crippen molar-refractivity contribution >= 4 is 7.80 Å². The first-order valence-electron chi connectivity index (χ1n) is 2.54. The van der Waals surface area contributed by atoms with Gasteiger partial charge in [0.05, 0.1) is 0 Å². The molecule has 1 aliphatic heterocycles. The molecule has 0 amide bonds. The summed E-state index contributed by atoms with van der Waals surface area (Å²) in [5, 5.41) is 1.03. The Morgan fingerprint density at radius 1 is 1.50 bits per heavy atom. The number of hydrogen-bond acceptors (Lipinski definition) is 1. The van der Waals surface area contributed by atoms with Crippen LogP contribution in [0.25, 0.3) is 0 Å². The van der Waals surface area contributed by atoms with Crippen molar-refractivity contribution in [2.75, 3.05) is 0 Å². The first kappa shape index (κ1) is 5.71. The molecule has 0 bridgehead atoms. The van der Waals surface area contributed by atoms with Crippen LogP contribution < -0.4 is 0 Å². The minimum Gasteiger partial charge on any atom is -0.0623 e. The van der Waals surface area contributed by atoms with Gasteiger partial charge in [-0.05, 0) is 13.0 Å². The SMILES string of the molecule is CC1=C(C)[P+](=O)C=C1. The molecule has 1 aliphatic rings. The number of hydrogen-bond donors (Lipinski definition) is 0. The molecule has 0 aliphatic carbocycles. The maximum atomic E-state index is 10.8. The molecule has 0 saturated carbocycles. The summed E-state index contributed by atoms with van der Waals surface area (Å²) in [7, 11) is -1.12. The van der Waals surface area contributed by atoms with E-state index < -0.39 is 7.80 Å². The molecule has 0 aromatic rings. The third kappa shape index (κ3) is 0.740. The third-order valence-corrected chi connectivity index (χ3v) is 2.79. The molecule has 1 nitrogen and oxygen atoms in total. The maximum absolute atomic E-state index is 10.8. The molecule has 42 valence electrons. The summed E-state index contributed by atoms with van der Waals surface area (Å²) in [5.74, 6) is 1.75. The fourth-order valence-electron chi connectivity index (χ4n) is 0.586. The molecule has 0 N–H and O–H groups in total. The maximum Gasteiger partial charge on any atom is 0.403 e. The van der Waals surface area contributed by atoms with E-state index in [0.29, 0.717) is 0 Å². The van der Waals surface area contributed by atoms with Crippen molar-refractivity contribution in [3.8, 4) is 0 Å². The average molecular weight is 127 g/mol. The molecule has 0 aromatic heterocycles. The lowest BCUT2D eigenvalue weighted by atomic mass is 10.3. The van der Waals surface area contributed by atoms with E-state index >= 15 is 0 Å². The Morgan fingerprint density at radius 2 is 2.12 bits per heavy atom. The van der Waals surface area contributed by atoms with Crippen LogP contribution in [0.3, 0.4) is 0 Å². The molecule has 1 unspecified atom stereocenters. The molecule has 0 fully saturated rings. The summed E-state index contributed by atoms with van der Waals surface area (Å²) < 4.78 is 10.8. The minimum atomic E-state index is -1.12. The predicted octanol–water partition coefficient (Wildman–Crippen LogP) is 2.64. The van der Waals surface area contributed by atoms with Gasteiger partial charge < -0.3 is 0 Å². The topological polar surface area (TPSA) is 17.1 Å². The van der Waals surface area contributed by atoms with Crippen molar-refractivity contribution < 1.29 is 4.57 Å². The molecule has 2 heteroatoms. The second-order valence-corrected chi connectivity index (χ2v) is 3.53. The lowest BCUT2D eigenvalue weighted by Gasteiger charge is -1.76. The van der Waals surface area contributed by atoms with Gasteiger partial charge in [0.2, 0.25) is 0 Å². The highest BCUT2D eigenvalue weighted by Crippen LogP contribution is 2.40. The van der Waals surface area contributed by atoms with Crippen LogP contribution in [-0.4, -0.2) is 0 Å². The monoisotopic (exact) mass is 127 g/mol. The fraction of sp³-hybridized carbons (Fsp3) is 0.333. The van der Waals surface area contributed by atoms with Gasteiger partial charge in [-0.3, -0.25) is 0 Å². The summed E-state index contributed by atoms with van der Waals surface area (Å²) in [6.07, 6.45) is 1.91. The first-order chi connectivity index (χ1) is 3.72. The second-order valence-electron chi connectivity index (χ2n) is 1.91. The second kappa shape index (κ2) is 1.83. The third-order valence-electron chi connectivity index (χ3n) is 1.36. The predicted molar refractivity (Wildman–Crippen MR) is 35.1 cm³/mol. The summed E-state index contributed by atoms with van der Waals surface area (Å²) in [5.41, 5.74) is 1.16. The molecule has 0 spiro atoms. The van der Waals surface area contributed by atoms with Crippen molar-refractivity contribution in [3.05, 3.63) is 22.8 Å². The zero-order valence-corrected chi connectivity index (χ0v) is 5.90. The van der Waals surface area contributed by atoms with Crippen LogP contribution in [0.1, 0.15) is 13.8 Å². The Balaban J connectivity index is 3.02. The molecule has 1 rings (SSSR count). The molecule has 0 radical (unpaired) electrons. The molecule has 1 heterocycles. The molecular weight excluding hydrogens is 119 g/mol. The largest absolute Gasteiger partial charge is 0.403 e. The van der Waals surface area contributed by atoms with E-state index in [4.69, 9.17) is 0 Å². The molecule has 8 heavy (non-hydrogen) atoms. The van der Waals surface area contributed by atoms with E-state index in [9.17, 15) is 4.57 Å². The summed E-state index contributed by atoms with van der Waals surface area (Å²) in [6, 6.07) is 0. The van der Waals surface area contributed by atoms with E-state index in [-0.39, 0.29) is 0 Å². The zero-order valence-electron chi connectivity index (χ0n) is 5.01. The van der Waals surface area contributed by atoms with E-state index in [0.717, 1.165) is 10.9 Å². The van der Waals surface area contributed by atoms with Gasteiger partial charge >= 0.3 is 7.80 Å². The van der Waals surface area contributed by atoms with Crippen molar-refractivity contribution in [1.82, 2.24) is 0 Å². The fourth-order valence-corrected chi connectivity index (χ4v) is 1.59. The van der Waals surface area contributed by atoms with Gasteiger partial charge in [0.25, 0.3) is 0 Å². The van der Waals surface area contributed by atoms with E-state index in [1.54, 1.807) is 5.82 Å². The van der Waals surface area contributed by atoms with Crippen LogP contribution in [0.4, 0.5) is 0 Å². The summed E-state index contributed by atoms with van der Waals surface area (Å²) in [4.78, 5) is 0. The van der Waals surface area contributed by atoms with Crippen molar-refractivity contribution in [1.29, 1.82) is 0 Å². The highest BCUT2D eigenvalue weighted by molar-refractivity contribution is 7.53. The smallest absolute Gasteiger partial charge is 0.0623 e. The Kier molecular flexibility index (Phi) is 1.31. The molecule has 0 aromatic carbocycles. The molecular formula is C6H8OP+. The Morgan fingerprint density at radius 3 is 2.25 bits per heavy atom. The van der Waals surface area contributed by atoms with Crippen LogP contribution in [0.15, 0.2) is 22.8 Å². The van der Waals surface area contributed by atoms with Gasteiger partial charge in [-0.25, -0.2) is 0 Å². The van der Waals surface area contributed by atoms with Gasteiger partial charge in [-0.2, -0.15) is 0 Å². The van der Waals surface area contributed by atoms with Crippen LogP contribution in [0.2, 0.25) is 0 Å². The van der Waals surface area contributed by atoms with Gasteiger partial charge in [-0.1, -0.05) is 4.57 Å².